The van der Waals surface area contributed by atoms with Crippen LogP contribution in [0, 0.1) is 6.92 Å². The molecule has 1 unspecified atom stereocenters. The lowest BCUT2D eigenvalue weighted by molar-refractivity contribution is 0.244. The summed E-state index contributed by atoms with van der Waals surface area (Å²) in [4.78, 5) is 6.80. The molecule has 4 nitrogen and oxygen atoms in total. The number of imidazole rings is 1. The normalized spacial score (nSPS) is 13.3. The van der Waals surface area contributed by atoms with Crippen molar-refractivity contribution in [2.24, 2.45) is 0 Å². The van der Waals surface area contributed by atoms with Gasteiger partial charge in [-0.1, -0.05) is 19.1 Å². The topological polar surface area (TPSA) is 47.1 Å². The molecule has 0 saturated carbocycles. The maximum atomic E-state index is 6.05. The monoisotopic (exact) mass is 260 g/mol. The zero-order chi connectivity index (χ0) is 14.0. The third-order valence-corrected chi connectivity index (χ3v) is 4.02. The van der Waals surface area contributed by atoms with Crippen LogP contribution in [0.2, 0.25) is 0 Å². The SMILES string of the molecule is CCC(C)N(C)CCn1c(N)nc2cccc(C)c21. The van der Waals surface area contributed by atoms with E-state index in [4.69, 9.17) is 5.73 Å². The van der Waals surface area contributed by atoms with Gasteiger partial charge in [-0.05, 0) is 38.9 Å². The highest BCUT2D eigenvalue weighted by atomic mass is 15.2. The van der Waals surface area contributed by atoms with Gasteiger partial charge in [-0.25, -0.2) is 4.98 Å². The van der Waals surface area contributed by atoms with Crippen LogP contribution in [-0.4, -0.2) is 34.1 Å². The first-order valence-corrected chi connectivity index (χ1v) is 6.96. The van der Waals surface area contributed by atoms with Gasteiger partial charge in [0.25, 0.3) is 0 Å². The number of anilines is 1. The largest absolute Gasteiger partial charge is 0.369 e. The standard InChI is InChI=1S/C15H24N4/c1-5-12(3)18(4)9-10-19-14-11(2)7-6-8-13(14)17-15(19)16/h6-8,12H,5,9-10H2,1-4H3,(H2,16,17). The molecule has 104 valence electrons. The minimum atomic E-state index is 0.595. The Morgan fingerprint density at radius 1 is 1.42 bits per heavy atom. The summed E-state index contributed by atoms with van der Waals surface area (Å²) in [5, 5.41) is 0. The first-order valence-electron chi connectivity index (χ1n) is 6.96. The maximum Gasteiger partial charge on any atom is 0.201 e. The lowest BCUT2D eigenvalue weighted by Crippen LogP contribution is -2.31. The van der Waals surface area contributed by atoms with Crippen molar-refractivity contribution in [1.82, 2.24) is 14.5 Å². The lowest BCUT2D eigenvalue weighted by Gasteiger charge is -2.24. The number of nitrogens with zero attached hydrogens (tertiary/aromatic N) is 3. The fraction of sp³-hybridized carbons (Fsp3) is 0.533. The first-order chi connectivity index (χ1) is 9.04. The van der Waals surface area contributed by atoms with Crippen molar-refractivity contribution in [1.29, 1.82) is 0 Å². The molecule has 0 aliphatic heterocycles. The van der Waals surface area contributed by atoms with Crippen molar-refractivity contribution < 1.29 is 0 Å². The van der Waals surface area contributed by atoms with Crippen LogP contribution in [-0.2, 0) is 6.54 Å². The van der Waals surface area contributed by atoms with Crippen LogP contribution in [0.15, 0.2) is 18.2 Å². The second-order valence-electron chi connectivity index (χ2n) is 5.30. The van der Waals surface area contributed by atoms with Crippen molar-refractivity contribution in [2.75, 3.05) is 19.3 Å². The molecule has 0 saturated heterocycles. The van der Waals surface area contributed by atoms with Crippen molar-refractivity contribution >= 4 is 17.0 Å². The maximum absolute atomic E-state index is 6.05. The van der Waals surface area contributed by atoms with Crippen molar-refractivity contribution in [3.63, 3.8) is 0 Å². The lowest BCUT2D eigenvalue weighted by atomic mass is 10.2. The van der Waals surface area contributed by atoms with Gasteiger partial charge >= 0.3 is 0 Å². The molecule has 1 aromatic carbocycles. The Morgan fingerprint density at radius 2 is 2.16 bits per heavy atom. The van der Waals surface area contributed by atoms with Crippen LogP contribution in [0.5, 0.6) is 0 Å². The highest BCUT2D eigenvalue weighted by molar-refractivity contribution is 5.81. The zero-order valence-electron chi connectivity index (χ0n) is 12.3. The van der Waals surface area contributed by atoms with Gasteiger partial charge in [-0.15, -0.1) is 0 Å². The Balaban J connectivity index is 2.23. The summed E-state index contributed by atoms with van der Waals surface area (Å²) in [6.07, 6.45) is 1.16. The number of benzene rings is 1. The van der Waals surface area contributed by atoms with E-state index in [9.17, 15) is 0 Å². The molecule has 1 heterocycles. The van der Waals surface area contributed by atoms with Crippen LogP contribution in [0.25, 0.3) is 11.0 Å². The Kier molecular flexibility index (Phi) is 4.10. The molecule has 4 heteroatoms. The number of aryl methyl sites for hydroxylation is 1. The number of rotatable bonds is 5. The number of nitrogens with two attached hydrogens (primary N) is 1. The van der Waals surface area contributed by atoms with Crippen LogP contribution < -0.4 is 5.73 Å². The molecular formula is C15H24N4. The van der Waals surface area contributed by atoms with Crippen molar-refractivity contribution in [2.45, 2.75) is 39.8 Å². The van der Waals surface area contributed by atoms with Gasteiger partial charge in [0.1, 0.15) is 0 Å². The number of nitrogen functional groups attached to an aromatic ring is 1. The van der Waals surface area contributed by atoms with Gasteiger partial charge in [0.15, 0.2) is 0 Å². The zero-order valence-corrected chi connectivity index (χ0v) is 12.3. The van der Waals surface area contributed by atoms with E-state index in [0.717, 1.165) is 30.5 Å². The summed E-state index contributed by atoms with van der Waals surface area (Å²) in [5.74, 6) is 0.613. The Morgan fingerprint density at radius 3 is 2.84 bits per heavy atom. The molecule has 0 radical (unpaired) electrons. The molecular weight excluding hydrogens is 236 g/mol. The number of hydrogen-bond acceptors (Lipinski definition) is 3. The van der Waals surface area contributed by atoms with Crippen LogP contribution in [0.4, 0.5) is 5.95 Å². The Hall–Kier alpha value is -1.55. The second-order valence-corrected chi connectivity index (χ2v) is 5.30. The number of fused-ring (bicyclic) bond motifs is 1. The molecule has 2 rings (SSSR count). The summed E-state index contributed by atoms with van der Waals surface area (Å²) in [6, 6.07) is 6.75. The van der Waals surface area contributed by atoms with E-state index < -0.39 is 0 Å². The molecule has 1 atom stereocenters. The van der Waals surface area contributed by atoms with E-state index in [-0.39, 0.29) is 0 Å². The predicted octanol–water partition coefficient (Wildman–Crippen LogP) is 2.66. The van der Waals surface area contributed by atoms with E-state index >= 15 is 0 Å². The minimum Gasteiger partial charge on any atom is -0.369 e. The quantitative estimate of drug-likeness (QED) is 0.899. The van der Waals surface area contributed by atoms with Gasteiger partial charge in [0.2, 0.25) is 5.95 Å². The van der Waals surface area contributed by atoms with Gasteiger partial charge in [0.05, 0.1) is 11.0 Å². The average molecular weight is 260 g/mol. The molecule has 0 spiro atoms. The van der Waals surface area contributed by atoms with Gasteiger partial charge in [-0.2, -0.15) is 0 Å². The highest BCUT2D eigenvalue weighted by Crippen LogP contribution is 2.21. The number of hydrogen-bond donors (Lipinski definition) is 1. The summed E-state index contributed by atoms with van der Waals surface area (Å²) < 4.78 is 2.13. The van der Waals surface area contributed by atoms with E-state index in [1.165, 1.54) is 5.56 Å². The average Bonchev–Trinajstić information content (AvgIpc) is 2.72. The molecule has 0 aliphatic rings. The van der Waals surface area contributed by atoms with E-state index in [1.807, 2.05) is 12.1 Å². The second kappa shape index (κ2) is 5.61. The number of para-hydroxylation sites is 1. The van der Waals surface area contributed by atoms with Crippen molar-refractivity contribution in [3.8, 4) is 0 Å². The molecule has 2 N–H and O–H groups in total. The van der Waals surface area contributed by atoms with E-state index in [1.54, 1.807) is 0 Å². The molecule has 19 heavy (non-hydrogen) atoms. The van der Waals surface area contributed by atoms with E-state index in [2.05, 4.69) is 48.3 Å². The highest BCUT2D eigenvalue weighted by Gasteiger charge is 2.12. The smallest absolute Gasteiger partial charge is 0.201 e. The summed E-state index contributed by atoms with van der Waals surface area (Å²) >= 11 is 0. The summed E-state index contributed by atoms with van der Waals surface area (Å²) in [6.45, 7) is 8.44. The van der Waals surface area contributed by atoms with Crippen molar-refractivity contribution in [3.05, 3.63) is 23.8 Å². The first kappa shape index (κ1) is 13.9. The number of aromatic nitrogens is 2. The predicted molar refractivity (Wildman–Crippen MR) is 81.3 cm³/mol. The molecule has 1 aromatic heterocycles. The van der Waals surface area contributed by atoms with Crippen LogP contribution in [0.1, 0.15) is 25.8 Å². The van der Waals surface area contributed by atoms with E-state index in [0.29, 0.717) is 12.0 Å². The van der Waals surface area contributed by atoms with Gasteiger partial charge < -0.3 is 15.2 Å². The molecule has 2 aromatic rings. The van der Waals surface area contributed by atoms with Crippen LogP contribution >= 0.6 is 0 Å². The minimum absolute atomic E-state index is 0.595. The number of likely N-dealkylation sites (N-methyl/N-ethyl adjacent to an activating group) is 1. The third-order valence-electron chi connectivity index (χ3n) is 4.02. The van der Waals surface area contributed by atoms with Gasteiger partial charge in [-0.3, -0.25) is 0 Å². The third kappa shape index (κ3) is 2.73. The molecule has 0 bridgehead atoms. The fourth-order valence-electron chi connectivity index (χ4n) is 2.40. The summed E-state index contributed by atoms with van der Waals surface area (Å²) in [5.41, 5.74) is 9.43. The fourth-order valence-corrected chi connectivity index (χ4v) is 2.40. The summed E-state index contributed by atoms with van der Waals surface area (Å²) in [7, 11) is 2.16. The molecule has 0 fully saturated rings. The molecule has 0 amide bonds. The Labute approximate surface area is 115 Å². The van der Waals surface area contributed by atoms with Crippen LogP contribution in [0.3, 0.4) is 0 Å². The molecule has 0 aliphatic carbocycles. The Bertz CT molecular complexity index is 559. The van der Waals surface area contributed by atoms with Gasteiger partial charge in [0, 0.05) is 19.1 Å².